The number of nitriles is 1. The molecule has 1 aromatic rings. The maximum absolute atomic E-state index is 12.8. The Morgan fingerprint density at radius 2 is 2.25 bits per heavy atom. The first-order valence-corrected chi connectivity index (χ1v) is 8.35. The van der Waals surface area contributed by atoms with Crippen LogP contribution in [0.1, 0.15) is 32.6 Å². The molecule has 20 heavy (non-hydrogen) atoms. The van der Waals surface area contributed by atoms with E-state index in [0.29, 0.717) is 11.7 Å². The maximum atomic E-state index is 12.8. The molecule has 0 aromatic heterocycles. The van der Waals surface area contributed by atoms with Crippen molar-refractivity contribution in [2.75, 3.05) is 7.11 Å². The highest BCUT2D eigenvalue weighted by atomic mass is 32.2. The molecule has 0 bridgehead atoms. The van der Waals surface area contributed by atoms with Crippen molar-refractivity contribution >= 4 is 10.8 Å². The number of nitrogens with zero attached hydrogens (tertiary/aromatic N) is 1. The quantitative estimate of drug-likeness (QED) is 0.852. The van der Waals surface area contributed by atoms with Gasteiger partial charge in [0, 0.05) is 4.90 Å². The van der Waals surface area contributed by atoms with Crippen LogP contribution in [0.4, 0.5) is 0 Å². The predicted molar refractivity (Wildman–Crippen MR) is 79.9 cm³/mol. The van der Waals surface area contributed by atoms with Gasteiger partial charge in [-0.2, -0.15) is 5.26 Å². The van der Waals surface area contributed by atoms with Crippen LogP contribution >= 0.6 is 0 Å². The summed E-state index contributed by atoms with van der Waals surface area (Å²) in [7, 11) is 0.469. The van der Waals surface area contributed by atoms with Crippen molar-refractivity contribution in [2.24, 2.45) is 11.8 Å². The van der Waals surface area contributed by atoms with Crippen molar-refractivity contribution in [3.8, 4) is 11.8 Å². The van der Waals surface area contributed by atoms with Crippen molar-refractivity contribution in [1.29, 1.82) is 5.26 Å². The Hall–Kier alpha value is -1.34. The van der Waals surface area contributed by atoms with Crippen LogP contribution in [0.5, 0.6) is 5.75 Å². The Kier molecular flexibility index (Phi) is 5.19. The molecule has 1 aliphatic rings. The first-order valence-electron chi connectivity index (χ1n) is 7.13. The SMILES string of the molecule is CCC1CCC(C#N)C(S(=O)c2cccc(OC)c2)C1. The van der Waals surface area contributed by atoms with Crippen LogP contribution in [0.25, 0.3) is 0 Å². The van der Waals surface area contributed by atoms with Crippen molar-refractivity contribution in [3.63, 3.8) is 0 Å². The topological polar surface area (TPSA) is 50.1 Å². The Morgan fingerprint density at radius 1 is 1.45 bits per heavy atom. The van der Waals surface area contributed by atoms with Crippen LogP contribution < -0.4 is 4.74 Å². The summed E-state index contributed by atoms with van der Waals surface area (Å²) in [6, 6.07) is 9.74. The lowest BCUT2D eigenvalue weighted by atomic mass is 9.81. The number of hydrogen-bond acceptors (Lipinski definition) is 3. The van der Waals surface area contributed by atoms with Gasteiger partial charge in [-0.05, 0) is 43.4 Å². The maximum Gasteiger partial charge on any atom is 0.120 e. The second-order valence-electron chi connectivity index (χ2n) is 5.34. The normalized spacial score (nSPS) is 27.6. The highest BCUT2D eigenvalue weighted by molar-refractivity contribution is 7.85. The molecule has 4 heteroatoms. The zero-order valence-corrected chi connectivity index (χ0v) is 12.9. The molecule has 1 aliphatic carbocycles. The lowest BCUT2D eigenvalue weighted by molar-refractivity contribution is 0.313. The minimum Gasteiger partial charge on any atom is -0.497 e. The van der Waals surface area contributed by atoms with Crippen molar-refractivity contribution in [3.05, 3.63) is 24.3 Å². The summed E-state index contributed by atoms with van der Waals surface area (Å²) in [5.74, 6) is 1.22. The Bertz CT molecular complexity index is 523. The lowest BCUT2D eigenvalue weighted by Gasteiger charge is -2.31. The molecule has 0 heterocycles. The molecule has 108 valence electrons. The Balaban J connectivity index is 2.22. The van der Waals surface area contributed by atoms with E-state index in [1.165, 1.54) is 0 Å². The minimum atomic E-state index is -1.14. The smallest absolute Gasteiger partial charge is 0.120 e. The monoisotopic (exact) mass is 291 g/mol. The lowest BCUT2D eigenvalue weighted by Crippen LogP contribution is -2.32. The third-order valence-electron chi connectivity index (χ3n) is 4.19. The Morgan fingerprint density at radius 3 is 2.90 bits per heavy atom. The summed E-state index contributed by atoms with van der Waals surface area (Å²) in [6.45, 7) is 2.17. The highest BCUT2D eigenvalue weighted by Gasteiger charge is 2.34. The zero-order valence-electron chi connectivity index (χ0n) is 12.0. The van der Waals surface area contributed by atoms with Crippen LogP contribution in [0, 0.1) is 23.2 Å². The summed E-state index contributed by atoms with van der Waals surface area (Å²) in [5, 5.41) is 9.26. The fourth-order valence-electron chi connectivity index (χ4n) is 2.87. The molecule has 0 saturated heterocycles. The molecule has 3 nitrogen and oxygen atoms in total. The molecule has 0 spiro atoms. The van der Waals surface area contributed by atoms with E-state index >= 15 is 0 Å². The number of hydrogen-bond donors (Lipinski definition) is 0. The van der Waals surface area contributed by atoms with Gasteiger partial charge in [0.15, 0.2) is 0 Å². The molecule has 1 aromatic carbocycles. The number of rotatable bonds is 4. The summed E-state index contributed by atoms with van der Waals surface area (Å²) in [4.78, 5) is 0.770. The molecule has 1 saturated carbocycles. The molecule has 1 fully saturated rings. The van der Waals surface area contributed by atoms with E-state index in [-0.39, 0.29) is 11.2 Å². The highest BCUT2D eigenvalue weighted by Crippen LogP contribution is 2.35. The van der Waals surface area contributed by atoms with Crippen LogP contribution in [-0.4, -0.2) is 16.6 Å². The molecule has 4 atom stereocenters. The van der Waals surface area contributed by atoms with Crippen molar-refractivity contribution in [1.82, 2.24) is 0 Å². The fraction of sp³-hybridized carbons (Fsp3) is 0.562. The van der Waals surface area contributed by atoms with Gasteiger partial charge in [0.05, 0.1) is 35.1 Å². The van der Waals surface area contributed by atoms with Gasteiger partial charge in [-0.3, -0.25) is 4.21 Å². The van der Waals surface area contributed by atoms with Crippen LogP contribution in [0.15, 0.2) is 29.2 Å². The molecule has 0 amide bonds. The van der Waals surface area contributed by atoms with Gasteiger partial charge >= 0.3 is 0 Å². The minimum absolute atomic E-state index is 0.0502. The van der Waals surface area contributed by atoms with E-state index < -0.39 is 10.8 Å². The molecule has 0 aliphatic heterocycles. The largest absolute Gasteiger partial charge is 0.497 e. The van der Waals surface area contributed by atoms with Crippen LogP contribution in [-0.2, 0) is 10.8 Å². The third kappa shape index (κ3) is 3.21. The first kappa shape index (κ1) is 15.1. The van der Waals surface area contributed by atoms with Crippen molar-refractivity contribution in [2.45, 2.75) is 42.8 Å². The molecular weight excluding hydrogens is 270 g/mol. The van der Waals surface area contributed by atoms with E-state index in [1.807, 2.05) is 24.3 Å². The first-order chi connectivity index (χ1) is 9.69. The molecule has 2 rings (SSSR count). The van der Waals surface area contributed by atoms with Gasteiger partial charge in [0.1, 0.15) is 5.75 Å². The fourth-order valence-corrected chi connectivity index (χ4v) is 4.60. The van der Waals surface area contributed by atoms with E-state index in [2.05, 4.69) is 13.0 Å². The van der Waals surface area contributed by atoms with Gasteiger partial charge < -0.3 is 4.74 Å². The summed E-state index contributed by atoms with van der Waals surface area (Å²) < 4.78 is 18.0. The number of methoxy groups -OCH3 is 1. The number of benzene rings is 1. The van der Waals surface area contributed by atoms with E-state index in [9.17, 15) is 9.47 Å². The van der Waals surface area contributed by atoms with E-state index in [4.69, 9.17) is 4.74 Å². The second kappa shape index (κ2) is 6.90. The molecule has 0 radical (unpaired) electrons. The van der Waals surface area contributed by atoms with Gasteiger partial charge in [-0.15, -0.1) is 0 Å². The van der Waals surface area contributed by atoms with Gasteiger partial charge in [-0.25, -0.2) is 0 Å². The standard InChI is InChI=1S/C16H21NO2S/c1-3-12-7-8-13(11-17)16(9-12)20(18)15-6-4-5-14(10-15)19-2/h4-6,10,12-13,16H,3,7-9H2,1-2H3. The summed E-state index contributed by atoms with van der Waals surface area (Å²) in [6.07, 6.45) is 3.94. The van der Waals surface area contributed by atoms with Gasteiger partial charge in [0.25, 0.3) is 0 Å². The molecule has 4 unspecified atom stereocenters. The Labute approximate surface area is 123 Å². The predicted octanol–water partition coefficient (Wildman–Crippen LogP) is 3.52. The van der Waals surface area contributed by atoms with Gasteiger partial charge in [-0.1, -0.05) is 19.4 Å². The van der Waals surface area contributed by atoms with Crippen LogP contribution in [0.3, 0.4) is 0 Å². The summed E-state index contributed by atoms with van der Waals surface area (Å²) >= 11 is 0. The third-order valence-corrected chi connectivity index (χ3v) is 5.98. The van der Waals surface area contributed by atoms with Crippen LogP contribution in [0.2, 0.25) is 0 Å². The summed E-state index contributed by atoms with van der Waals surface area (Å²) in [5.41, 5.74) is 0. The van der Waals surface area contributed by atoms with E-state index in [1.54, 1.807) is 7.11 Å². The van der Waals surface area contributed by atoms with Crippen molar-refractivity contribution < 1.29 is 8.95 Å². The number of ether oxygens (including phenoxy) is 1. The zero-order chi connectivity index (χ0) is 14.5. The molecular formula is C16H21NO2S. The second-order valence-corrected chi connectivity index (χ2v) is 7.01. The molecule has 0 N–H and O–H groups in total. The average molecular weight is 291 g/mol. The van der Waals surface area contributed by atoms with Gasteiger partial charge in [0.2, 0.25) is 0 Å². The van der Waals surface area contributed by atoms with E-state index in [0.717, 1.165) is 30.6 Å². The average Bonchev–Trinajstić information content (AvgIpc) is 2.53.